The van der Waals surface area contributed by atoms with Crippen LogP contribution in [0, 0.1) is 6.92 Å². The minimum atomic E-state index is -0.0632. The van der Waals surface area contributed by atoms with Gasteiger partial charge in [0.15, 0.2) is 0 Å². The van der Waals surface area contributed by atoms with Crippen molar-refractivity contribution in [1.29, 1.82) is 0 Å². The molecular weight excluding hydrogens is 404 g/mol. The summed E-state index contributed by atoms with van der Waals surface area (Å²) in [6.07, 6.45) is 5.79. The molecule has 1 aliphatic rings. The number of aryl methyl sites for hydroxylation is 2. The maximum atomic E-state index is 12.5. The van der Waals surface area contributed by atoms with E-state index in [-0.39, 0.29) is 12.3 Å². The third-order valence-electron chi connectivity index (χ3n) is 5.62. The van der Waals surface area contributed by atoms with E-state index in [1.807, 2.05) is 35.8 Å². The average molecular weight is 429 g/mol. The summed E-state index contributed by atoms with van der Waals surface area (Å²) < 4.78 is 2.31. The first kappa shape index (κ1) is 19.7. The molecule has 1 amide bonds. The fraction of sp³-hybridized carbons (Fsp3) is 0.240. The van der Waals surface area contributed by atoms with Crippen LogP contribution in [-0.4, -0.2) is 20.4 Å². The van der Waals surface area contributed by atoms with Crippen LogP contribution in [0.15, 0.2) is 60.1 Å². The van der Waals surface area contributed by atoms with Gasteiger partial charge in [-0.05, 0) is 50.5 Å². The van der Waals surface area contributed by atoms with Crippen molar-refractivity contribution in [3.63, 3.8) is 0 Å². The Balaban J connectivity index is 1.23. The van der Waals surface area contributed by atoms with E-state index >= 15 is 0 Å². The molecule has 3 heterocycles. The zero-order valence-electron chi connectivity index (χ0n) is 17.5. The molecule has 0 aliphatic carbocycles. The van der Waals surface area contributed by atoms with Gasteiger partial charge >= 0.3 is 0 Å². The highest BCUT2D eigenvalue weighted by Gasteiger charge is 2.15. The standard InChI is InChI=1S/C25H24N4OS/c1-17-5-7-19(8-6-17)25-28-21(16-31-25)14-23(30)27-20-11-9-18(10-12-20)24-26-15-22-4-2-3-13-29(22)24/h5-12,15-16H,2-4,13-14H2,1H3,(H,27,30). The second-order valence-electron chi connectivity index (χ2n) is 7.99. The van der Waals surface area contributed by atoms with Crippen molar-refractivity contribution in [2.75, 3.05) is 5.32 Å². The molecule has 1 N–H and O–H groups in total. The summed E-state index contributed by atoms with van der Waals surface area (Å²) in [4.78, 5) is 21.8. The fourth-order valence-electron chi connectivity index (χ4n) is 3.96. The molecule has 0 unspecified atom stereocenters. The number of nitrogens with one attached hydrogen (secondary N) is 1. The van der Waals surface area contributed by atoms with E-state index in [2.05, 4.69) is 51.0 Å². The van der Waals surface area contributed by atoms with Crippen molar-refractivity contribution < 1.29 is 4.79 Å². The van der Waals surface area contributed by atoms with Crippen LogP contribution in [0.2, 0.25) is 0 Å². The lowest BCUT2D eigenvalue weighted by Gasteiger charge is -2.16. The molecule has 5 nitrogen and oxygen atoms in total. The lowest BCUT2D eigenvalue weighted by molar-refractivity contribution is -0.115. The molecule has 0 radical (unpaired) electrons. The summed E-state index contributed by atoms with van der Waals surface area (Å²) in [5, 5.41) is 5.88. The van der Waals surface area contributed by atoms with Crippen molar-refractivity contribution in [2.24, 2.45) is 0 Å². The Kier molecular flexibility index (Phi) is 5.38. The van der Waals surface area contributed by atoms with Crippen molar-refractivity contribution >= 4 is 22.9 Å². The van der Waals surface area contributed by atoms with Crippen LogP contribution in [0.4, 0.5) is 5.69 Å². The Bertz CT molecular complexity index is 1210. The SMILES string of the molecule is Cc1ccc(-c2nc(CC(=O)Nc3ccc(-c4ncc5n4CCCC5)cc3)cs2)cc1. The molecule has 0 atom stereocenters. The molecule has 5 rings (SSSR count). The first-order chi connectivity index (χ1) is 15.2. The monoisotopic (exact) mass is 428 g/mol. The Hall–Kier alpha value is -3.25. The van der Waals surface area contributed by atoms with Crippen LogP contribution in [0.3, 0.4) is 0 Å². The largest absolute Gasteiger partial charge is 0.328 e. The van der Waals surface area contributed by atoms with Crippen molar-refractivity contribution in [3.8, 4) is 22.0 Å². The summed E-state index contributed by atoms with van der Waals surface area (Å²) >= 11 is 1.57. The summed E-state index contributed by atoms with van der Waals surface area (Å²) in [6.45, 7) is 3.10. The molecule has 0 fully saturated rings. The number of nitrogens with zero attached hydrogens (tertiary/aromatic N) is 3. The number of aromatic nitrogens is 3. The second kappa shape index (κ2) is 8.47. The maximum Gasteiger partial charge on any atom is 0.230 e. The van der Waals surface area contributed by atoms with E-state index in [0.717, 1.165) is 46.3 Å². The molecule has 2 aromatic carbocycles. The van der Waals surface area contributed by atoms with Gasteiger partial charge in [-0.1, -0.05) is 29.8 Å². The number of hydrogen-bond acceptors (Lipinski definition) is 4. The average Bonchev–Trinajstić information content (AvgIpc) is 3.42. The van der Waals surface area contributed by atoms with Gasteiger partial charge in [0, 0.05) is 40.6 Å². The van der Waals surface area contributed by atoms with Gasteiger partial charge in [-0.15, -0.1) is 11.3 Å². The number of rotatable bonds is 5. The third kappa shape index (κ3) is 4.30. The molecule has 4 aromatic rings. The highest BCUT2D eigenvalue weighted by atomic mass is 32.1. The van der Waals surface area contributed by atoms with Crippen LogP contribution in [0.25, 0.3) is 22.0 Å². The third-order valence-corrected chi connectivity index (χ3v) is 6.56. The second-order valence-corrected chi connectivity index (χ2v) is 8.85. The summed E-state index contributed by atoms with van der Waals surface area (Å²) in [5.74, 6) is 0.949. The minimum absolute atomic E-state index is 0.0632. The van der Waals surface area contributed by atoms with Gasteiger partial charge in [-0.25, -0.2) is 9.97 Å². The van der Waals surface area contributed by atoms with E-state index in [1.165, 1.54) is 24.1 Å². The van der Waals surface area contributed by atoms with Crippen LogP contribution >= 0.6 is 11.3 Å². The fourth-order valence-corrected chi connectivity index (χ4v) is 4.78. The van der Waals surface area contributed by atoms with E-state index in [4.69, 9.17) is 0 Å². The van der Waals surface area contributed by atoms with Crippen LogP contribution in [0.1, 0.15) is 29.8 Å². The Morgan fingerprint density at radius 2 is 1.84 bits per heavy atom. The smallest absolute Gasteiger partial charge is 0.230 e. The molecule has 156 valence electrons. The lowest BCUT2D eigenvalue weighted by atomic mass is 10.1. The van der Waals surface area contributed by atoms with Gasteiger partial charge in [0.25, 0.3) is 0 Å². The van der Waals surface area contributed by atoms with Crippen molar-refractivity contribution in [1.82, 2.24) is 14.5 Å². The number of thiazole rings is 1. The van der Waals surface area contributed by atoms with Gasteiger partial charge in [-0.2, -0.15) is 0 Å². The molecule has 6 heteroatoms. The molecule has 2 aromatic heterocycles. The number of benzene rings is 2. The molecule has 0 spiro atoms. The van der Waals surface area contributed by atoms with Crippen molar-refractivity contribution in [2.45, 2.75) is 39.2 Å². The maximum absolute atomic E-state index is 12.5. The predicted molar refractivity (Wildman–Crippen MR) is 125 cm³/mol. The van der Waals surface area contributed by atoms with Crippen molar-refractivity contribution in [3.05, 3.63) is 77.1 Å². The van der Waals surface area contributed by atoms with Gasteiger partial charge < -0.3 is 9.88 Å². The first-order valence-electron chi connectivity index (χ1n) is 10.6. The number of hydrogen-bond donors (Lipinski definition) is 1. The Morgan fingerprint density at radius 3 is 2.65 bits per heavy atom. The van der Waals surface area contributed by atoms with Gasteiger partial charge in [0.1, 0.15) is 10.8 Å². The molecular formula is C25H24N4OS. The number of carbonyl (C=O) groups is 1. The van der Waals surface area contributed by atoms with Crippen LogP contribution in [0.5, 0.6) is 0 Å². The lowest BCUT2D eigenvalue weighted by Crippen LogP contribution is -2.14. The zero-order valence-corrected chi connectivity index (χ0v) is 18.3. The summed E-state index contributed by atoms with van der Waals surface area (Å²) in [7, 11) is 0. The normalized spacial score (nSPS) is 13.1. The van der Waals surface area contributed by atoms with E-state index in [1.54, 1.807) is 11.3 Å². The first-order valence-corrected chi connectivity index (χ1v) is 11.5. The quantitative estimate of drug-likeness (QED) is 0.457. The Morgan fingerprint density at radius 1 is 1.06 bits per heavy atom. The number of anilines is 1. The molecule has 31 heavy (non-hydrogen) atoms. The molecule has 0 saturated heterocycles. The minimum Gasteiger partial charge on any atom is -0.328 e. The van der Waals surface area contributed by atoms with E-state index in [9.17, 15) is 4.79 Å². The number of amides is 1. The number of carbonyl (C=O) groups excluding carboxylic acids is 1. The summed E-state index contributed by atoms with van der Waals surface area (Å²) in [5.41, 5.74) is 6.27. The number of fused-ring (bicyclic) bond motifs is 1. The molecule has 0 saturated carbocycles. The van der Waals surface area contributed by atoms with E-state index < -0.39 is 0 Å². The molecule has 0 bridgehead atoms. The van der Waals surface area contributed by atoms with Gasteiger partial charge in [-0.3, -0.25) is 4.79 Å². The van der Waals surface area contributed by atoms with Crippen LogP contribution < -0.4 is 5.32 Å². The number of imidazole rings is 1. The van der Waals surface area contributed by atoms with Gasteiger partial charge in [0.05, 0.1) is 12.1 Å². The van der Waals surface area contributed by atoms with Gasteiger partial charge in [0.2, 0.25) is 5.91 Å². The summed E-state index contributed by atoms with van der Waals surface area (Å²) in [6, 6.07) is 16.2. The predicted octanol–water partition coefficient (Wildman–Crippen LogP) is 5.50. The molecule has 1 aliphatic heterocycles. The Labute approximate surface area is 185 Å². The zero-order chi connectivity index (χ0) is 21.2. The topological polar surface area (TPSA) is 59.8 Å². The highest BCUT2D eigenvalue weighted by Crippen LogP contribution is 2.26. The van der Waals surface area contributed by atoms with E-state index in [0.29, 0.717) is 0 Å². The highest BCUT2D eigenvalue weighted by molar-refractivity contribution is 7.13. The van der Waals surface area contributed by atoms with Crippen LogP contribution in [-0.2, 0) is 24.2 Å².